The minimum absolute atomic E-state index is 0.108. The van der Waals surface area contributed by atoms with Crippen LogP contribution >= 0.6 is 0 Å². The standard InChI is InChI=1S/C10H20N2O2/c1-7(2)4-8-5-12(6-9(8)11)10(13)14-3/h7-9H,4-6,11H2,1-3H3. The van der Waals surface area contributed by atoms with Crippen molar-refractivity contribution >= 4 is 6.09 Å². The van der Waals surface area contributed by atoms with Gasteiger partial charge in [-0.3, -0.25) is 0 Å². The molecular formula is C10H20N2O2. The van der Waals surface area contributed by atoms with Crippen molar-refractivity contribution in [2.75, 3.05) is 20.2 Å². The van der Waals surface area contributed by atoms with Crippen molar-refractivity contribution in [3.8, 4) is 0 Å². The van der Waals surface area contributed by atoms with E-state index in [0.29, 0.717) is 18.4 Å². The Morgan fingerprint density at radius 2 is 2.21 bits per heavy atom. The fourth-order valence-corrected chi connectivity index (χ4v) is 2.03. The molecular weight excluding hydrogens is 180 g/mol. The zero-order chi connectivity index (χ0) is 10.7. The summed E-state index contributed by atoms with van der Waals surface area (Å²) in [6.07, 6.45) is 0.820. The minimum atomic E-state index is -0.258. The highest BCUT2D eigenvalue weighted by molar-refractivity contribution is 5.67. The molecule has 0 saturated carbocycles. The SMILES string of the molecule is COC(=O)N1CC(N)C(CC(C)C)C1. The van der Waals surface area contributed by atoms with Crippen LogP contribution in [-0.2, 0) is 4.74 Å². The second-order valence-electron chi connectivity index (χ2n) is 4.43. The summed E-state index contributed by atoms with van der Waals surface area (Å²) >= 11 is 0. The molecule has 0 bridgehead atoms. The fraction of sp³-hybridized carbons (Fsp3) is 0.900. The Labute approximate surface area is 85.4 Å². The lowest BCUT2D eigenvalue weighted by Gasteiger charge is -2.16. The van der Waals surface area contributed by atoms with Crippen LogP contribution in [0.15, 0.2) is 0 Å². The normalized spacial score (nSPS) is 27.1. The van der Waals surface area contributed by atoms with E-state index in [9.17, 15) is 4.79 Å². The molecule has 4 heteroatoms. The first-order valence-electron chi connectivity index (χ1n) is 5.13. The van der Waals surface area contributed by atoms with Crippen molar-refractivity contribution in [3.63, 3.8) is 0 Å². The zero-order valence-electron chi connectivity index (χ0n) is 9.19. The molecule has 1 aliphatic heterocycles. The predicted molar refractivity (Wildman–Crippen MR) is 54.9 cm³/mol. The lowest BCUT2D eigenvalue weighted by atomic mass is 9.94. The molecule has 0 radical (unpaired) electrons. The average molecular weight is 200 g/mol. The van der Waals surface area contributed by atoms with Gasteiger partial charge in [0.15, 0.2) is 0 Å². The van der Waals surface area contributed by atoms with E-state index in [0.717, 1.165) is 13.0 Å². The topological polar surface area (TPSA) is 55.6 Å². The number of amides is 1. The van der Waals surface area contributed by atoms with Crippen molar-refractivity contribution in [1.29, 1.82) is 0 Å². The van der Waals surface area contributed by atoms with Gasteiger partial charge in [-0.05, 0) is 18.3 Å². The molecule has 1 rings (SSSR count). The number of nitrogens with two attached hydrogens (primary N) is 1. The molecule has 0 aromatic carbocycles. The number of nitrogens with zero attached hydrogens (tertiary/aromatic N) is 1. The van der Waals surface area contributed by atoms with E-state index in [-0.39, 0.29) is 12.1 Å². The molecule has 1 heterocycles. The third kappa shape index (κ3) is 2.61. The Morgan fingerprint density at radius 1 is 1.57 bits per heavy atom. The molecule has 0 aliphatic carbocycles. The lowest BCUT2D eigenvalue weighted by molar-refractivity contribution is 0.131. The highest BCUT2D eigenvalue weighted by Gasteiger charge is 2.33. The van der Waals surface area contributed by atoms with Crippen molar-refractivity contribution in [2.45, 2.75) is 26.3 Å². The highest BCUT2D eigenvalue weighted by atomic mass is 16.5. The second kappa shape index (κ2) is 4.64. The van der Waals surface area contributed by atoms with E-state index < -0.39 is 0 Å². The van der Waals surface area contributed by atoms with E-state index in [1.165, 1.54) is 7.11 Å². The molecule has 2 unspecified atom stereocenters. The number of hydrogen-bond acceptors (Lipinski definition) is 3. The molecule has 1 saturated heterocycles. The van der Waals surface area contributed by atoms with Gasteiger partial charge in [0.2, 0.25) is 0 Å². The van der Waals surface area contributed by atoms with Gasteiger partial charge in [-0.2, -0.15) is 0 Å². The molecule has 0 aromatic heterocycles. The first-order valence-corrected chi connectivity index (χ1v) is 5.13. The van der Waals surface area contributed by atoms with Gasteiger partial charge in [-0.15, -0.1) is 0 Å². The van der Waals surface area contributed by atoms with Crippen molar-refractivity contribution in [3.05, 3.63) is 0 Å². The monoisotopic (exact) mass is 200 g/mol. The maximum absolute atomic E-state index is 11.2. The Bertz CT molecular complexity index is 206. The Balaban J connectivity index is 2.47. The fourth-order valence-electron chi connectivity index (χ4n) is 2.03. The van der Waals surface area contributed by atoms with Crippen molar-refractivity contribution in [1.82, 2.24) is 4.90 Å². The third-order valence-corrected chi connectivity index (χ3v) is 2.70. The molecule has 1 amide bonds. The quantitative estimate of drug-likeness (QED) is 0.725. The molecule has 4 nitrogen and oxygen atoms in total. The Kier molecular flexibility index (Phi) is 3.75. The summed E-state index contributed by atoms with van der Waals surface area (Å²) in [5.41, 5.74) is 5.96. The Morgan fingerprint density at radius 3 is 2.71 bits per heavy atom. The van der Waals surface area contributed by atoms with Crippen LogP contribution in [-0.4, -0.2) is 37.2 Å². The highest BCUT2D eigenvalue weighted by Crippen LogP contribution is 2.22. The van der Waals surface area contributed by atoms with E-state index in [2.05, 4.69) is 18.6 Å². The molecule has 1 aliphatic rings. The molecule has 1 fully saturated rings. The minimum Gasteiger partial charge on any atom is -0.453 e. The van der Waals surface area contributed by atoms with Gasteiger partial charge in [0, 0.05) is 19.1 Å². The van der Waals surface area contributed by atoms with Gasteiger partial charge in [-0.25, -0.2) is 4.79 Å². The summed E-state index contributed by atoms with van der Waals surface area (Å²) in [6, 6.07) is 0.108. The number of hydrogen-bond donors (Lipinski definition) is 1. The molecule has 82 valence electrons. The zero-order valence-corrected chi connectivity index (χ0v) is 9.19. The summed E-state index contributed by atoms with van der Waals surface area (Å²) in [5.74, 6) is 1.05. The van der Waals surface area contributed by atoms with E-state index in [1.54, 1.807) is 4.90 Å². The molecule has 0 spiro atoms. The summed E-state index contributed by atoms with van der Waals surface area (Å²) in [7, 11) is 1.41. The first-order chi connectivity index (χ1) is 6.54. The molecule has 2 N–H and O–H groups in total. The molecule has 0 aromatic rings. The lowest BCUT2D eigenvalue weighted by Crippen LogP contribution is -2.32. The average Bonchev–Trinajstić information content (AvgIpc) is 2.46. The van der Waals surface area contributed by atoms with Crippen LogP contribution in [0.5, 0.6) is 0 Å². The number of methoxy groups -OCH3 is 1. The van der Waals surface area contributed by atoms with E-state index >= 15 is 0 Å². The Hall–Kier alpha value is -0.770. The number of likely N-dealkylation sites (tertiary alicyclic amines) is 1. The molecule has 14 heavy (non-hydrogen) atoms. The van der Waals surface area contributed by atoms with E-state index in [1.807, 2.05) is 0 Å². The largest absolute Gasteiger partial charge is 0.453 e. The summed E-state index contributed by atoms with van der Waals surface area (Å²) in [4.78, 5) is 12.9. The van der Waals surface area contributed by atoms with Crippen molar-refractivity contribution in [2.24, 2.45) is 17.6 Å². The third-order valence-electron chi connectivity index (χ3n) is 2.70. The second-order valence-corrected chi connectivity index (χ2v) is 4.43. The van der Waals surface area contributed by atoms with Crippen molar-refractivity contribution < 1.29 is 9.53 Å². The van der Waals surface area contributed by atoms with Gasteiger partial charge in [0.05, 0.1) is 7.11 Å². The summed E-state index contributed by atoms with van der Waals surface area (Å²) in [5, 5.41) is 0. The van der Waals surface area contributed by atoms with Crippen LogP contribution in [0.1, 0.15) is 20.3 Å². The van der Waals surface area contributed by atoms with E-state index in [4.69, 9.17) is 5.73 Å². The van der Waals surface area contributed by atoms with Crippen LogP contribution < -0.4 is 5.73 Å². The first kappa shape index (κ1) is 11.3. The van der Waals surface area contributed by atoms with Crippen LogP contribution in [0.25, 0.3) is 0 Å². The smallest absolute Gasteiger partial charge is 0.409 e. The van der Waals surface area contributed by atoms with Gasteiger partial charge in [0.1, 0.15) is 0 Å². The van der Waals surface area contributed by atoms with Gasteiger partial charge in [-0.1, -0.05) is 13.8 Å². The van der Waals surface area contributed by atoms with Gasteiger partial charge >= 0.3 is 6.09 Å². The summed E-state index contributed by atoms with van der Waals surface area (Å²) in [6.45, 7) is 5.72. The maximum atomic E-state index is 11.2. The number of rotatable bonds is 2. The summed E-state index contributed by atoms with van der Waals surface area (Å²) < 4.78 is 4.67. The number of carbonyl (C=O) groups is 1. The van der Waals surface area contributed by atoms with Gasteiger partial charge in [0.25, 0.3) is 0 Å². The predicted octanol–water partition coefficient (Wildman–Crippen LogP) is 1.06. The van der Waals surface area contributed by atoms with Crippen LogP contribution in [0.3, 0.4) is 0 Å². The molecule has 2 atom stereocenters. The number of ether oxygens (including phenoxy) is 1. The van der Waals surface area contributed by atoms with Crippen LogP contribution in [0, 0.1) is 11.8 Å². The van der Waals surface area contributed by atoms with Gasteiger partial charge < -0.3 is 15.4 Å². The maximum Gasteiger partial charge on any atom is 0.409 e. The van der Waals surface area contributed by atoms with Crippen LogP contribution in [0.4, 0.5) is 4.79 Å². The van der Waals surface area contributed by atoms with Crippen LogP contribution in [0.2, 0.25) is 0 Å². The number of carbonyl (C=O) groups excluding carboxylic acids is 1.